The third kappa shape index (κ3) is 1.38. The van der Waals surface area contributed by atoms with Crippen LogP contribution in [0.25, 0.3) is 0 Å². The van der Waals surface area contributed by atoms with Gasteiger partial charge in [-0.2, -0.15) is 0 Å². The molecule has 88 valence electrons. The second-order valence-electron chi connectivity index (χ2n) is 5.01. The lowest BCUT2D eigenvalue weighted by molar-refractivity contribution is 0.119. The zero-order chi connectivity index (χ0) is 11.4. The van der Waals surface area contributed by atoms with Crippen molar-refractivity contribution in [3.8, 4) is 0 Å². The van der Waals surface area contributed by atoms with Crippen molar-refractivity contribution in [2.24, 2.45) is 5.92 Å². The van der Waals surface area contributed by atoms with Gasteiger partial charge in [-0.3, -0.25) is 0 Å². The number of rotatable bonds is 0. The summed E-state index contributed by atoms with van der Waals surface area (Å²) in [5.74, 6) is 1.60. The second-order valence-corrected chi connectivity index (χ2v) is 6.19. The van der Waals surface area contributed by atoms with Crippen LogP contribution in [0.3, 0.4) is 0 Å². The predicted octanol–water partition coefficient (Wildman–Crippen LogP) is 3.14. The van der Waals surface area contributed by atoms with Crippen LogP contribution in [0.4, 0.5) is 0 Å². The average Bonchev–Trinajstić information content (AvgIpc) is 2.84. The fraction of sp³-hybridized carbons (Fsp3) is 0.429. The van der Waals surface area contributed by atoms with E-state index in [1.807, 2.05) is 0 Å². The molecular weight excluding hydrogens is 278 g/mol. The van der Waals surface area contributed by atoms with Gasteiger partial charge in [-0.25, -0.2) is 0 Å². The highest BCUT2D eigenvalue weighted by Crippen LogP contribution is 2.47. The number of fused-ring (bicyclic) bond motifs is 3. The molecule has 0 aromatic carbocycles. The number of hydrogen-bond donors (Lipinski definition) is 1. The first-order chi connectivity index (χ1) is 8.33. The molecule has 0 aromatic heterocycles. The maximum absolute atomic E-state index is 6.01. The Balaban J connectivity index is 1.76. The van der Waals surface area contributed by atoms with E-state index in [4.69, 9.17) is 4.74 Å². The quantitative estimate of drug-likeness (QED) is 0.693. The van der Waals surface area contributed by atoms with Crippen LogP contribution in [-0.2, 0) is 4.74 Å². The molecule has 4 rings (SSSR count). The Hall–Kier alpha value is -0.960. The third-order valence-corrected chi connectivity index (χ3v) is 4.63. The molecule has 17 heavy (non-hydrogen) atoms. The lowest BCUT2D eigenvalue weighted by Gasteiger charge is -2.19. The molecule has 3 atom stereocenters. The van der Waals surface area contributed by atoms with Gasteiger partial charge in [-0.15, -0.1) is 0 Å². The van der Waals surface area contributed by atoms with Crippen LogP contribution in [0.2, 0.25) is 0 Å². The van der Waals surface area contributed by atoms with Crippen LogP contribution in [0.15, 0.2) is 46.9 Å². The second kappa shape index (κ2) is 3.52. The van der Waals surface area contributed by atoms with E-state index in [0.717, 1.165) is 25.0 Å². The minimum Gasteiger partial charge on any atom is -0.470 e. The minimum atomic E-state index is 0.148. The number of ether oxygens (including phenoxy) is 1. The van der Waals surface area contributed by atoms with Crippen molar-refractivity contribution in [2.75, 3.05) is 0 Å². The number of allylic oxidation sites excluding steroid dienone is 4. The highest BCUT2D eigenvalue weighted by molar-refractivity contribution is 9.09. The topological polar surface area (TPSA) is 21.3 Å². The zero-order valence-corrected chi connectivity index (χ0v) is 11.0. The number of alkyl halides is 1. The van der Waals surface area contributed by atoms with Gasteiger partial charge >= 0.3 is 0 Å². The molecule has 0 bridgehead atoms. The van der Waals surface area contributed by atoms with Crippen LogP contribution in [0.1, 0.15) is 19.3 Å². The van der Waals surface area contributed by atoms with Gasteiger partial charge in [-0.05, 0) is 42.6 Å². The predicted molar refractivity (Wildman–Crippen MR) is 70.4 cm³/mol. The van der Waals surface area contributed by atoms with E-state index in [2.05, 4.69) is 45.6 Å². The summed E-state index contributed by atoms with van der Waals surface area (Å²) in [6.45, 7) is 0. The van der Waals surface area contributed by atoms with E-state index >= 15 is 0 Å². The number of nitrogens with one attached hydrogen (secondary N) is 1. The maximum Gasteiger partial charge on any atom is 0.180 e. The maximum atomic E-state index is 6.01. The monoisotopic (exact) mass is 291 g/mol. The van der Waals surface area contributed by atoms with Gasteiger partial charge in [0.1, 0.15) is 5.76 Å². The molecule has 2 heterocycles. The summed E-state index contributed by atoms with van der Waals surface area (Å²) in [6, 6.07) is 0. The van der Waals surface area contributed by atoms with E-state index in [1.54, 1.807) is 0 Å². The van der Waals surface area contributed by atoms with Crippen LogP contribution in [0.5, 0.6) is 0 Å². The Kier molecular flexibility index (Phi) is 2.07. The summed E-state index contributed by atoms with van der Waals surface area (Å²) in [6.07, 6.45) is 12.3. The molecule has 0 fully saturated rings. The molecule has 0 saturated heterocycles. The molecule has 3 heteroatoms. The summed E-state index contributed by atoms with van der Waals surface area (Å²) in [7, 11) is 0. The van der Waals surface area contributed by atoms with Crippen molar-refractivity contribution < 1.29 is 4.74 Å². The Morgan fingerprint density at radius 2 is 2.24 bits per heavy atom. The van der Waals surface area contributed by atoms with Gasteiger partial charge in [0.25, 0.3) is 0 Å². The molecular formula is C14H14BrNO. The van der Waals surface area contributed by atoms with Gasteiger partial charge in [0.15, 0.2) is 6.23 Å². The fourth-order valence-corrected chi connectivity index (χ4v) is 3.76. The van der Waals surface area contributed by atoms with Gasteiger partial charge < -0.3 is 10.1 Å². The van der Waals surface area contributed by atoms with Crippen molar-refractivity contribution in [2.45, 2.75) is 30.3 Å². The zero-order valence-electron chi connectivity index (χ0n) is 9.45. The van der Waals surface area contributed by atoms with Crippen molar-refractivity contribution in [1.29, 1.82) is 0 Å². The molecule has 2 aliphatic carbocycles. The summed E-state index contributed by atoms with van der Waals surface area (Å²) >= 11 is 3.69. The lowest BCUT2D eigenvalue weighted by Crippen LogP contribution is -2.27. The van der Waals surface area contributed by atoms with Crippen molar-refractivity contribution in [3.63, 3.8) is 0 Å². The van der Waals surface area contributed by atoms with Crippen molar-refractivity contribution >= 4 is 15.9 Å². The molecule has 4 aliphatic rings. The van der Waals surface area contributed by atoms with Crippen molar-refractivity contribution in [1.82, 2.24) is 5.32 Å². The van der Waals surface area contributed by atoms with Gasteiger partial charge in [0.2, 0.25) is 0 Å². The number of halogens is 1. The molecule has 0 radical (unpaired) electrons. The minimum absolute atomic E-state index is 0.148. The molecule has 2 aliphatic heterocycles. The smallest absolute Gasteiger partial charge is 0.180 e. The summed E-state index contributed by atoms with van der Waals surface area (Å²) in [5.41, 5.74) is 4.32. The number of hydrogen-bond acceptors (Lipinski definition) is 2. The van der Waals surface area contributed by atoms with E-state index in [-0.39, 0.29) is 6.23 Å². The highest BCUT2D eigenvalue weighted by Gasteiger charge is 2.44. The summed E-state index contributed by atoms with van der Waals surface area (Å²) in [4.78, 5) is 0.477. The fourth-order valence-electron chi connectivity index (χ4n) is 3.26. The van der Waals surface area contributed by atoms with E-state index in [1.165, 1.54) is 16.8 Å². The largest absolute Gasteiger partial charge is 0.470 e. The SMILES string of the molecule is Br[C@H]1C=CC2=C(C1)[C@@H]1C3=C(C=CCC3)OC1N2. The van der Waals surface area contributed by atoms with E-state index in [0.29, 0.717) is 10.7 Å². The van der Waals surface area contributed by atoms with Gasteiger partial charge in [-0.1, -0.05) is 28.1 Å². The van der Waals surface area contributed by atoms with E-state index < -0.39 is 0 Å². The molecule has 2 nitrogen and oxygen atoms in total. The van der Waals surface area contributed by atoms with Gasteiger partial charge in [0, 0.05) is 10.5 Å². The highest BCUT2D eigenvalue weighted by atomic mass is 79.9. The molecule has 0 spiro atoms. The van der Waals surface area contributed by atoms with Crippen LogP contribution < -0.4 is 5.32 Å². The molecule has 1 N–H and O–H groups in total. The van der Waals surface area contributed by atoms with Crippen LogP contribution in [-0.4, -0.2) is 11.1 Å². The first kappa shape index (κ1) is 10.0. The molecule has 0 amide bonds. The first-order valence-corrected chi connectivity index (χ1v) is 7.12. The Morgan fingerprint density at radius 1 is 1.29 bits per heavy atom. The Bertz CT molecular complexity index is 500. The van der Waals surface area contributed by atoms with Crippen LogP contribution in [0, 0.1) is 5.92 Å². The molecule has 0 saturated carbocycles. The lowest BCUT2D eigenvalue weighted by atomic mass is 9.84. The summed E-state index contributed by atoms with van der Waals surface area (Å²) < 4.78 is 6.01. The third-order valence-electron chi connectivity index (χ3n) is 4.00. The Labute approximate surface area is 109 Å². The van der Waals surface area contributed by atoms with Crippen LogP contribution >= 0.6 is 15.9 Å². The molecule has 0 aromatic rings. The average molecular weight is 292 g/mol. The van der Waals surface area contributed by atoms with Crippen molar-refractivity contribution in [3.05, 3.63) is 46.9 Å². The van der Waals surface area contributed by atoms with E-state index in [9.17, 15) is 0 Å². The normalized spacial score (nSPS) is 37.6. The van der Waals surface area contributed by atoms with Gasteiger partial charge in [0.05, 0.1) is 5.92 Å². The Morgan fingerprint density at radius 3 is 3.18 bits per heavy atom. The molecule has 1 unspecified atom stereocenters. The summed E-state index contributed by atoms with van der Waals surface area (Å²) in [5, 5.41) is 3.51. The standard InChI is InChI=1S/C14H14BrNO/c15-8-5-6-11-10(7-8)13-9-3-1-2-4-12(9)17-14(13)16-11/h2,4-6,8,13-14,16H,1,3,7H2/t8-,13-,14?/m0/s1. The first-order valence-electron chi connectivity index (χ1n) is 6.21.